The lowest BCUT2D eigenvalue weighted by molar-refractivity contribution is -0.142. The predicted octanol–water partition coefficient (Wildman–Crippen LogP) is 5.49. The van der Waals surface area contributed by atoms with Crippen molar-refractivity contribution in [1.29, 1.82) is 0 Å². The van der Waals surface area contributed by atoms with E-state index in [4.69, 9.17) is 11.6 Å². The van der Waals surface area contributed by atoms with E-state index < -0.39 is 40.4 Å². The zero-order chi connectivity index (χ0) is 24.8. The van der Waals surface area contributed by atoms with Crippen LogP contribution in [0, 0.1) is 0 Å². The van der Waals surface area contributed by atoms with Gasteiger partial charge in [-0.25, -0.2) is 15.0 Å². The van der Waals surface area contributed by atoms with E-state index in [1.54, 1.807) is 13.0 Å². The number of nitrogens with zero attached hydrogens (tertiary/aromatic N) is 7. The first kappa shape index (κ1) is 23.7. The Morgan fingerprint density at radius 1 is 0.971 bits per heavy atom. The minimum atomic E-state index is -5.08. The number of halogens is 7. The smallest absolute Gasteiger partial charge is 0.363 e. The van der Waals surface area contributed by atoms with Crippen molar-refractivity contribution in [2.45, 2.75) is 25.3 Å². The molecule has 4 aromatic rings. The zero-order valence-electron chi connectivity index (χ0n) is 17.4. The highest BCUT2D eigenvalue weighted by molar-refractivity contribution is 6.34. The van der Waals surface area contributed by atoms with Crippen LogP contribution in [0.15, 0.2) is 43.1 Å². The average molecular weight is 502 g/mol. The van der Waals surface area contributed by atoms with E-state index >= 15 is 0 Å². The molecular weight excluding hydrogens is 488 g/mol. The number of benzene rings is 1. The van der Waals surface area contributed by atoms with E-state index in [0.29, 0.717) is 6.07 Å². The summed E-state index contributed by atoms with van der Waals surface area (Å²) in [6.45, 7) is 1.63. The van der Waals surface area contributed by atoms with Gasteiger partial charge < -0.3 is 4.90 Å². The third kappa shape index (κ3) is 4.22. The van der Waals surface area contributed by atoms with E-state index in [9.17, 15) is 26.3 Å². The topological polar surface area (TPSA) is 72.6 Å². The molecule has 34 heavy (non-hydrogen) atoms. The van der Waals surface area contributed by atoms with Crippen molar-refractivity contribution in [3.63, 3.8) is 0 Å². The summed E-state index contributed by atoms with van der Waals surface area (Å²) in [6.07, 6.45) is -4.95. The molecule has 0 unspecified atom stereocenters. The van der Waals surface area contributed by atoms with Gasteiger partial charge in [0.2, 0.25) is 0 Å². The van der Waals surface area contributed by atoms with E-state index in [0.717, 1.165) is 6.20 Å². The molecule has 0 amide bonds. The first-order valence-corrected chi connectivity index (χ1v) is 9.94. The Labute approximate surface area is 193 Å². The first-order valence-electron chi connectivity index (χ1n) is 9.56. The van der Waals surface area contributed by atoms with Gasteiger partial charge in [0.25, 0.3) is 5.95 Å². The monoisotopic (exact) mass is 501 g/mol. The number of fused-ring (bicyclic) bond motifs is 1. The summed E-state index contributed by atoms with van der Waals surface area (Å²) in [5.74, 6) is 0.456. The quantitative estimate of drug-likeness (QED) is 0.344. The van der Waals surface area contributed by atoms with Crippen molar-refractivity contribution < 1.29 is 26.3 Å². The maximum atomic E-state index is 13.7. The van der Waals surface area contributed by atoms with Crippen LogP contribution in [0.2, 0.25) is 5.02 Å². The Bertz CT molecular complexity index is 1340. The number of rotatable bonds is 4. The second-order valence-corrected chi connectivity index (χ2v) is 7.64. The Morgan fingerprint density at radius 2 is 1.65 bits per heavy atom. The maximum Gasteiger partial charge on any atom is 0.418 e. The molecule has 14 heteroatoms. The molecular formula is C20H14ClF6N7. The second-order valence-electron chi connectivity index (χ2n) is 7.24. The Morgan fingerprint density at radius 3 is 2.26 bits per heavy atom. The molecule has 1 atom stereocenters. The molecule has 0 saturated carbocycles. The highest BCUT2D eigenvalue weighted by Crippen LogP contribution is 2.44. The van der Waals surface area contributed by atoms with Crippen molar-refractivity contribution in [3.8, 4) is 5.95 Å². The van der Waals surface area contributed by atoms with Crippen LogP contribution < -0.4 is 4.90 Å². The van der Waals surface area contributed by atoms with E-state index in [1.807, 2.05) is 0 Å². The van der Waals surface area contributed by atoms with Gasteiger partial charge in [-0.3, -0.25) is 4.98 Å². The predicted molar refractivity (Wildman–Crippen MR) is 111 cm³/mol. The summed E-state index contributed by atoms with van der Waals surface area (Å²) in [5.41, 5.74) is -3.73. The summed E-state index contributed by atoms with van der Waals surface area (Å²) in [6, 6.07) is 1.51. The molecule has 178 valence electrons. The van der Waals surface area contributed by atoms with Gasteiger partial charge in [0, 0.05) is 31.0 Å². The fourth-order valence-electron chi connectivity index (χ4n) is 3.46. The minimum Gasteiger partial charge on any atom is -0.363 e. The van der Waals surface area contributed by atoms with Crippen LogP contribution >= 0.6 is 11.6 Å². The van der Waals surface area contributed by atoms with Gasteiger partial charge in [0.1, 0.15) is 6.33 Å². The lowest BCUT2D eigenvalue weighted by atomic mass is 10.0. The van der Waals surface area contributed by atoms with Crippen LogP contribution in [0.4, 0.5) is 32.0 Å². The first-order chi connectivity index (χ1) is 15.9. The SMILES string of the molecule is C[C@@H](c1ncnn1-c1ncccn1)N(C)c1c(Cl)cnc2c(C(F)(F)F)cc(C(F)(F)F)cc12. The number of anilines is 1. The van der Waals surface area contributed by atoms with Crippen LogP contribution in [0.5, 0.6) is 0 Å². The largest absolute Gasteiger partial charge is 0.418 e. The van der Waals surface area contributed by atoms with Gasteiger partial charge in [-0.2, -0.15) is 36.1 Å². The van der Waals surface area contributed by atoms with Crippen LogP contribution in [-0.2, 0) is 12.4 Å². The van der Waals surface area contributed by atoms with Crippen molar-refractivity contribution >= 4 is 28.2 Å². The Balaban J connectivity index is 1.91. The summed E-state index contributed by atoms with van der Waals surface area (Å²) >= 11 is 6.26. The zero-order valence-corrected chi connectivity index (χ0v) is 18.2. The highest BCUT2D eigenvalue weighted by atomic mass is 35.5. The number of pyridine rings is 1. The number of hydrogen-bond donors (Lipinski definition) is 0. The van der Waals surface area contributed by atoms with E-state index in [1.165, 1.54) is 35.4 Å². The molecule has 0 bridgehead atoms. The molecule has 0 saturated heterocycles. The second kappa shape index (κ2) is 8.38. The molecule has 3 aromatic heterocycles. The average Bonchev–Trinajstić information content (AvgIpc) is 3.26. The molecule has 3 heterocycles. The summed E-state index contributed by atoms with van der Waals surface area (Å²) in [7, 11) is 1.46. The Kier molecular flexibility index (Phi) is 5.84. The van der Waals surface area contributed by atoms with Crippen molar-refractivity contribution in [2.24, 2.45) is 0 Å². The third-order valence-corrected chi connectivity index (χ3v) is 5.43. The molecule has 1 aromatic carbocycles. The summed E-state index contributed by atoms with van der Waals surface area (Å²) in [5, 5.41) is 3.52. The van der Waals surface area contributed by atoms with Gasteiger partial charge in [0.15, 0.2) is 5.82 Å². The van der Waals surface area contributed by atoms with Crippen LogP contribution in [-0.4, -0.2) is 36.8 Å². The van der Waals surface area contributed by atoms with Gasteiger partial charge in [-0.05, 0) is 25.1 Å². The molecule has 0 aliphatic carbocycles. The fraction of sp³-hybridized carbons (Fsp3) is 0.250. The van der Waals surface area contributed by atoms with E-state index in [2.05, 4.69) is 25.0 Å². The van der Waals surface area contributed by atoms with Gasteiger partial charge in [-0.15, -0.1) is 0 Å². The van der Waals surface area contributed by atoms with Crippen LogP contribution in [0.3, 0.4) is 0 Å². The molecule has 0 fully saturated rings. The van der Waals surface area contributed by atoms with Crippen LogP contribution in [0.1, 0.15) is 29.9 Å². The molecule has 4 rings (SSSR count). The molecule has 0 spiro atoms. The van der Waals surface area contributed by atoms with Crippen molar-refractivity contribution in [3.05, 3.63) is 65.1 Å². The molecule has 0 aliphatic rings. The molecule has 0 radical (unpaired) electrons. The van der Waals surface area contributed by atoms with Gasteiger partial charge in [-0.1, -0.05) is 11.6 Å². The van der Waals surface area contributed by atoms with Gasteiger partial charge in [0.05, 0.1) is 33.4 Å². The lowest BCUT2D eigenvalue weighted by Gasteiger charge is -2.29. The normalized spacial score (nSPS) is 13.3. The summed E-state index contributed by atoms with van der Waals surface area (Å²) in [4.78, 5) is 17.4. The molecule has 0 N–H and O–H groups in total. The van der Waals surface area contributed by atoms with E-state index in [-0.39, 0.29) is 28.5 Å². The minimum absolute atomic E-state index is 0.0415. The molecule has 7 nitrogen and oxygen atoms in total. The third-order valence-electron chi connectivity index (χ3n) is 5.15. The van der Waals surface area contributed by atoms with Gasteiger partial charge >= 0.3 is 12.4 Å². The van der Waals surface area contributed by atoms with Crippen LogP contribution in [0.25, 0.3) is 16.9 Å². The molecule has 0 aliphatic heterocycles. The van der Waals surface area contributed by atoms with Crippen molar-refractivity contribution in [1.82, 2.24) is 29.7 Å². The number of aromatic nitrogens is 6. The highest BCUT2D eigenvalue weighted by Gasteiger charge is 2.39. The fourth-order valence-corrected chi connectivity index (χ4v) is 3.74. The standard InChI is InChI=1S/C20H14ClF6N7/c1-10(17-31-9-32-34(17)18-28-4-3-5-29-18)33(2)16-12-6-11(19(22,23)24)7-13(20(25,26)27)15(12)30-8-14(16)21/h3-10H,1-2H3/t10-/m0/s1. The maximum absolute atomic E-state index is 13.7. The lowest BCUT2D eigenvalue weighted by Crippen LogP contribution is -2.26. The summed E-state index contributed by atoms with van der Waals surface area (Å²) < 4.78 is 82.7. The van der Waals surface area contributed by atoms with Crippen molar-refractivity contribution in [2.75, 3.05) is 11.9 Å². The Hall–Kier alpha value is -3.48. The number of alkyl halides is 6. The number of hydrogen-bond acceptors (Lipinski definition) is 6.